The lowest BCUT2D eigenvalue weighted by atomic mass is 9.96. The highest BCUT2D eigenvalue weighted by molar-refractivity contribution is 6.37. The van der Waals surface area contributed by atoms with Crippen LogP contribution in [-0.4, -0.2) is 23.1 Å². The maximum Gasteiger partial charge on any atom is 0.335 e. The lowest BCUT2D eigenvalue weighted by Gasteiger charge is -2.27. The van der Waals surface area contributed by atoms with Gasteiger partial charge in [0.25, 0.3) is 5.91 Å². The molecule has 0 atom stereocenters. The number of carbonyl (C=O) groups excluding carboxylic acids is 1. The predicted octanol–water partition coefficient (Wildman–Crippen LogP) is 4.88. The van der Waals surface area contributed by atoms with Crippen LogP contribution in [0.25, 0.3) is 0 Å². The molecule has 1 fully saturated rings. The van der Waals surface area contributed by atoms with E-state index in [2.05, 4.69) is 5.32 Å². The predicted molar refractivity (Wildman–Crippen MR) is 96.1 cm³/mol. The first-order valence-corrected chi connectivity index (χ1v) is 8.50. The number of rotatable bonds is 5. The fourth-order valence-electron chi connectivity index (χ4n) is 2.36. The number of benzene rings is 2. The number of nitrogens with one attached hydrogen (secondary N) is 1. The lowest BCUT2D eigenvalue weighted by molar-refractivity contribution is 0.0696. The van der Waals surface area contributed by atoms with E-state index in [0.29, 0.717) is 17.0 Å². The molecule has 0 aromatic heterocycles. The van der Waals surface area contributed by atoms with E-state index in [-0.39, 0.29) is 21.7 Å². The second kappa shape index (κ2) is 7.33. The Morgan fingerprint density at radius 2 is 1.64 bits per heavy atom. The van der Waals surface area contributed by atoms with Crippen molar-refractivity contribution in [3.05, 3.63) is 57.6 Å². The van der Waals surface area contributed by atoms with Crippen LogP contribution in [0.3, 0.4) is 0 Å². The van der Waals surface area contributed by atoms with Crippen LogP contribution in [0.15, 0.2) is 36.4 Å². The summed E-state index contributed by atoms with van der Waals surface area (Å²) in [6, 6.07) is 8.85. The average Bonchev–Trinajstić information content (AvgIpc) is 2.52. The Balaban J connectivity index is 1.74. The fraction of sp³-hybridized carbons (Fsp3) is 0.222. The van der Waals surface area contributed by atoms with Gasteiger partial charge in [0.1, 0.15) is 0 Å². The number of hydrogen-bond donors (Lipinski definition) is 2. The molecule has 0 bridgehead atoms. The zero-order valence-electron chi connectivity index (χ0n) is 13.1. The van der Waals surface area contributed by atoms with Gasteiger partial charge in [0.05, 0.1) is 21.7 Å². The second-order valence-electron chi connectivity index (χ2n) is 5.78. The molecule has 1 amide bonds. The summed E-state index contributed by atoms with van der Waals surface area (Å²) in [5, 5.41) is 12.1. The molecule has 0 heterocycles. The van der Waals surface area contributed by atoms with Gasteiger partial charge in [0.15, 0.2) is 5.75 Å². The first kappa shape index (κ1) is 17.6. The van der Waals surface area contributed by atoms with Crippen molar-refractivity contribution in [1.82, 2.24) is 0 Å². The highest BCUT2D eigenvalue weighted by Gasteiger charge is 2.22. The van der Waals surface area contributed by atoms with Crippen molar-refractivity contribution in [2.45, 2.75) is 25.4 Å². The number of carbonyl (C=O) groups is 2. The van der Waals surface area contributed by atoms with E-state index in [0.717, 1.165) is 19.3 Å². The molecule has 0 radical (unpaired) electrons. The number of amides is 1. The number of carboxylic acid groups (broad SMARTS) is 1. The van der Waals surface area contributed by atoms with Gasteiger partial charge < -0.3 is 15.2 Å². The third-order valence-corrected chi connectivity index (χ3v) is 4.55. The molecule has 1 aliphatic rings. The Labute approximate surface area is 154 Å². The molecule has 130 valence electrons. The van der Waals surface area contributed by atoms with E-state index in [1.54, 1.807) is 0 Å². The highest BCUT2D eigenvalue weighted by Crippen LogP contribution is 2.37. The number of carboxylic acids is 1. The third kappa shape index (κ3) is 4.06. The van der Waals surface area contributed by atoms with Crippen LogP contribution in [0, 0.1) is 0 Å². The summed E-state index contributed by atoms with van der Waals surface area (Å²) in [7, 11) is 0. The highest BCUT2D eigenvalue weighted by atomic mass is 35.5. The SMILES string of the molecule is O=C(O)c1ccc(NC(=O)c2cc(Cl)c(OC3CCC3)c(Cl)c2)cc1. The Morgan fingerprint density at radius 3 is 2.12 bits per heavy atom. The molecule has 3 rings (SSSR count). The summed E-state index contributed by atoms with van der Waals surface area (Å²) in [5.74, 6) is -1.03. The standard InChI is InChI=1S/C18H15Cl2NO4/c19-14-8-11(9-15(20)16(14)25-13-2-1-3-13)17(22)21-12-6-4-10(5-7-12)18(23)24/h4-9,13H,1-3H2,(H,21,22)(H,23,24). The Kier molecular flexibility index (Phi) is 5.16. The zero-order valence-corrected chi connectivity index (χ0v) is 14.6. The molecule has 1 aliphatic carbocycles. The van der Waals surface area contributed by atoms with E-state index in [4.69, 9.17) is 33.0 Å². The zero-order chi connectivity index (χ0) is 18.0. The van der Waals surface area contributed by atoms with E-state index >= 15 is 0 Å². The molecule has 25 heavy (non-hydrogen) atoms. The summed E-state index contributed by atoms with van der Waals surface area (Å²) in [6.07, 6.45) is 3.20. The van der Waals surface area contributed by atoms with E-state index in [9.17, 15) is 9.59 Å². The first-order chi connectivity index (χ1) is 11.9. The molecule has 2 N–H and O–H groups in total. The van der Waals surface area contributed by atoms with Crippen LogP contribution in [-0.2, 0) is 0 Å². The molecule has 0 saturated heterocycles. The van der Waals surface area contributed by atoms with Gasteiger partial charge in [-0.2, -0.15) is 0 Å². The minimum absolute atomic E-state index is 0.127. The maximum atomic E-state index is 12.4. The van der Waals surface area contributed by atoms with Crippen LogP contribution in [0.5, 0.6) is 5.75 Å². The summed E-state index contributed by atoms with van der Waals surface area (Å²) >= 11 is 12.4. The molecule has 0 unspecified atom stereocenters. The van der Waals surface area contributed by atoms with Crippen molar-refractivity contribution < 1.29 is 19.4 Å². The maximum absolute atomic E-state index is 12.4. The van der Waals surface area contributed by atoms with Crippen LogP contribution in [0.4, 0.5) is 5.69 Å². The Morgan fingerprint density at radius 1 is 1.04 bits per heavy atom. The van der Waals surface area contributed by atoms with Gasteiger partial charge in [-0.1, -0.05) is 23.2 Å². The lowest BCUT2D eigenvalue weighted by Crippen LogP contribution is -2.25. The average molecular weight is 380 g/mol. The van der Waals surface area contributed by atoms with Crippen LogP contribution < -0.4 is 10.1 Å². The van der Waals surface area contributed by atoms with E-state index in [1.807, 2.05) is 0 Å². The summed E-state index contributed by atoms with van der Waals surface area (Å²) < 4.78 is 5.75. The van der Waals surface area contributed by atoms with Crippen molar-refractivity contribution in [2.75, 3.05) is 5.32 Å². The monoisotopic (exact) mass is 379 g/mol. The number of anilines is 1. The Hall–Kier alpha value is -2.24. The van der Waals surface area contributed by atoms with Gasteiger partial charge in [-0.15, -0.1) is 0 Å². The van der Waals surface area contributed by atoms with Gasteiger partial charge in [-0.25, -0.2) is 4.79 Å². The minimum atomic E-state index is -1.03. The van der Waals surface area contributed by atoms with Crippen molar-refractivity contribution >= 4 is 40.8 Å². The van der Waals surface area contributed by atoms with E-state index < -0.39 is 11.9 Å². The first-order valence-electron chi connectivity index (χ1n) is 7.74. The van der Waals surface area contributed by atoms with Crippen LogP contribution >= 0.6 is 23.2 Å². The van der Waals surface area contributed by atoms with Gasteiger partial charge in [0, 0.05) is 11.3 Å². The largest absolute Gasteiger partial charge is 0.487 e. The minimum Gasteiger partial charge on any atom is -0.487 e. The van der Waals surface area contributed by atoms with E-state index in [1.165, 1.54) is 36.4 Å². The quantitative estimate of drug-likeness (QED) is 0.776. The molecular weight excluding hydrogens is 365 g/mol. The van der Waals surface area contributed by atoms with Gasteiger partial charge in [-0.05, 0) is 55.7 Å². The van der Waals surface area contributed by atoms with Crippen molar-refractivity contribution in [1.29, 1.82) is 0 Å². The third-order valence-electron chi connectivity index (χ3n) is 3.99. The van der Waals surface area contributed by atoms with Gasteiger partial charge in [0.2, 0.25) is 0 Å². The number of ether oxygens (including phenoxy) is 1. The Bertz CT molecular complexity index is 793. The van der Waals surface area contributed by atoms with Crippen molar-refractivity contribution in [3.63, 3.8) is 0 Å². The van der Waals surface area contributed by atoms with Crippen molar-refractivity contribution in [2.24, 2.45) is 0 Å². The summed E-state index contributed by atoms with van der Waals surface area (Å²) in [5.41, 5.74) is 0.900. The van der Waals surface area contributed by atoms with Gasteiger partial charge in [-0.3, -0.25) is 4.79 Å². The second-order valence-corrected chi connectivity index (χ2v) is 6.59. The molecule has 2 aromatic rings. The molecule has 7 heteroatoms. The summed E-state index contributed by atoms with van der Waals surface area (Å²) in [4.78, 5) is 23.2. The summed E-state index contributed by atoms with van der Waals surface area (Å²) in [6.45, 7) is 0. The smallest absolute Gasteiger partial charge is 0.335 e. The molecule has 1 saturated carbocycles. The normalized spacial score (nSPS) is 13.8. The molecule has 0 aliphatic heterocycles. The number of aromatic carboxylic acids is 1. The fourth-order valence-corrected chi connectivity index (χ4v) is 2.93. The van der Waals surface area contributed by atoms with Crippen LogP contribution in [0.2, 0.25) is 10.0 Å². The topological polar surface area (TPSA) is 75.6 Å². The van der Waals surface area contributed by atoms with Crippen LogP contribution in [0.1, 0.15) is 40.0 Å². The number of hydrogen-bond acceptors (Lipinski definition) is 3. The molecule has 0 spiro atoms. The molecular formula is C18H15Cl2NO4. The van der Waals surface area contributed by atoms with Crippen molar-refractivity contribution in [3.8, 4) is 5.75 Å². The molecule has 2 aromatic carbocycles. The molecule has 5 nitrogen and oxygen atoms in total. The number of halogens is 2. The van der Waals surface area contributed by atoms with Gasteiger partial charge >= 0.3 is 5.97 Å².